The highest BCUT2D eigenvalue weighted by atomic mass is 16.2. The van der Waals surface area contributed by atoms with Crippen LogP contribution in [0.15, 0.2) is 12.1 Å². The molecular weight excluding hydrogens is 240 g/mol. The van der Waals surface area contributed by atoms with Gasteiger partial charge in [-0.15, -0.1) is 5.10 Å². The molecule has 1 heterocycles. The van der Waals surface area contributed by atoms with Gasteiger partial charge in [-0.2, -0.15) is 0 Å². The van der Waals surface area contributed by atoms with Gasteiger partial charge >= 0.3 is 0 Å². The van der Waals surface area contributed by atoms with Gasteiger partial charge in [0, 0.05) is 12.1 Å². The Morgan fingerprint density at radius 1 is 1.26 bits per heavy atom. The fraction of sp³-hybridized carbons (Fsp3) is 0.357. The van der Waals surface area contributed by atoms with Gasteiger partial charge in [-0.3, -0.25) is 9.89 Å². The number of anilines is 1. The van der Waals surface area contributed by atoms with Gasteiger partial charge in [-0.25, -0.2) is 4.98 Å². The second kappa shape index (κ2) is 5.22. The van der Waals surface area contributed by atoms with E-state index < -0.39 is 0 Å². The summed E-state index contributed by atoms with van der Waals surface area (Å²) in [5, 5.41) is 9.53. The zero-order chi connectivity index (χ0) is 14.0. The molecule has 1 amide bonds. The molecular formula is C14H18N4O. The van der Waals surface area contributed by atoms with E-state index >= 15 is 0 Å². The maximum Gasteiger partial charge on any atom is 0.295 e. The molecule has 0 aliphatic rings. The van der Waals surface area contributed by atoms with E-state index in [1.54, 1.807) is 0 Å². The third-order valence-corrected chi connectivity index (χ3v) is 2.99. The van der Waals surface area contributed by atoms with E-state index in [9.17, 15) is 4.79 Å². The minimum absolute atomic E-state index is 0.177. The summed E-state index contributed by atoms with van der Waals surface area (Å²) in [7, 11) is 0. The standard InChI is InChI=1S/C14H18N4O/c1-5-11-15-13(18-17-11)14(19)16-12-9(3)6-8(2)7-10(12)4/h6-7H,5H2,1-4H3,(H,16,19)(H,15,17,18). The van der Waals surface area contributed by atoms with Crippen LogP contribution in [-0.2, 0) is 6.42 Å². The number of rotatable bonds is 3. The molecule has 0 saturated heterocycles. The Labute approximate surface area is 112 Å². The number of aryl methyl sites for hydroxylation is 4. The topological polar surface area (TPSA) is 70.7 Å². The molecule has 1 aromatic carbocycles. The van der Waals surface area contributed by atoms with Crippen molar-refractivity contribution >= 4 is 11.6 Å². The summed E-state index contributed by atoms with van der Waals surface area (Å²) in [5.41, 5.74) is 4.09. The van der Waals surface area contributed by atoms with E-state index in [1.807, 2.05) is 39.8 Å². The van der Waals surface area contributed by atoms with Crippen molar-refractivity contribution in [2.75, 3.05) is 5.32 Å². The Balaban J connectivity index is 2.24. The lowest BCUT2D eigenvalue weighted by atomic mass is 10.1. The van der Waals surface area contributed by atoms with Crippen molar-refractivity contribution in [2.45, 2.75) is 34.1 Å². The second-order valence-electron chi connectivity index (χ2n) is 4.69. The van der Waals surface area contributed by atoms with Crippen molar-refractivity contribution in [2.24, 2.45) is 0 Å². The first kappa shape index (κ1) is 13.3. The van der Waals surface area contributed by atoms with Crippen LogP contribution in [-0.4, -0.2) is 21.1 Å². The second-order valence-corrected chi connectivity index (χ2v) is 4.69. The van der Waals surface area contributed by atoms with Crippen LogP contribution in [0.25, 0.3) is 0 Å². The lowest BCUT2D eigenvalue weighted by Crippen LogP contribution is -2.15. The van der Waals surface area contributed by atoms with Crippen molar-refractivity contribution in [1.29, 1.82) is 0 Å². The number of nitrogens with one attached hydrogen (secondary N) is 2. The van der Waals surface area contributed by atoms with Gasteiger partial charge in [0.2, 0.25) is 5.82 Å². The third-order valence-electron chi connectivity index (χ3n) is 2.99. The number of carbonyl (C=O) groups is 1. The monoisotopic (exact) mass is 258 g/mol. The summed E-state index contributed by atoms with van der Waals surface area (Å²) in [4.78, 5) is 16.2. The minimum Gasteiger partial charge on any atom is -0.319 e. The minimum atomic E-state index is -0.286. The molecule has 0 aliphatic heterocycles. The van der Waals surface area contributed by atoms with E-state index in [4.69, 9.17) is 0 Å². The van der Waals surface area contributed by atoms with E-state index in [2.05, 4.69) is 20.5 Å². The van der Waals surface area contributed by atoms with Gasteiger partial charge in [0.25, 0.3) is 5.91 Å². The molecule has 0 saturated carbocycles. The SMILES string of the molecule is CCc1nc(C(=O)Nc2c(C)cc(C)cc2C)n[nH]1. The number of H-pyrrole nitrogens is 1. The first-order chi connectivity index (χ1) is 9.01. The summed E-state index contributed by atoms with van der Waals surface area (Å²) in [6.07, 6.45) is 0.725. The van der Waals surface area contributed by atoms with Crippen LogP contribution in [0, 0.1) is 20.8 Å². The largest absolute Gasteiger partial charge is 0.319 e. The highest BCUT2D eigenvalue weighted by molar-refractivity contribution is 6.02. The third kappa shape index (κ3) is 2.81. The van der Waals surface area contributed by atoms with Gasteiger partial charge in [0.1, 0.15) is 5.82 Å². The van der Waals surface area contributed by atoms with E-state index in [0.29, 0.717) is 5.82 Å². The summed E-state index contributed by atoms with van der Waals surface area (Å²) < 4.78 is 0. The number of hydrogen-bond donors (Lipinski definition) is 2. The van der Waals surface area contributed by atoms with Gasteiger partial charge < -0.3 is 5.32 Å². The van der Waals surface area contributed by atoms with Crippen LogP contribution in [0.4, 0.5) is 5.69 Å². The van der Waals surface area contributed by atoms with Crippen LogP contribution in [0.3, 0.4) is 0 Å². The normalized spacial score (nSPS) is 10.5. The van der Waals surface area contributed by atoms with Crippen molar-refractivity contribution in [3.63, 3.8) is 0 Å². The maximum absolute atomic E-state index is 12.1. The van der Waals surface area contributed by atoms with Crippen molar-refractivity contribution in [3.8, 4) is 0 Å². The molecule has 0 fully saturated rings. The average Bonchev–Trinajstić information content (AvgIpc) is 2.82. The Bertz CT molecular complexity index is 593. The van der Waals surface area contributed by atoms with E-state index in [-0.39, 0.29) is 11.7 Å². The fourth-order valence-corrected chi connectivity index (χ4v) is 2.10. The summed E-state index contributed by atoms with van der Waals surface area (Å²) >= 11 is 0. The highest BCUT2D eigenvalue weighted by Crippen LogP contribution is 2.22. The fourth-order valence-electron chi connectivity index (χ4n) is 2.10. The van der Waals surface area contributed by atoms with Gasteiger partial charge in [-0.05, 0) is 31.9 Å². The molecule has 0 spiro atoms. The molecule has 5 heteroatoms. The average molecular weight is 258 g/mol. The molecule has 0 atom stereocenters. The van der Waals surface area contributed by atoms with E-state index in [1.165, 1.54) is 5.56 Å². The van der Waals surface area contributed by atoms with Gasteiger partial charge in [0.05, 0.1) is 0 Å². The molecule has 19 heavy (non-hydrogen) atoms. The molecule has 0 bridgehead atoms. The quantitative estimate of drug-likeness (QED) is 0.888. The summed E-state index contributed by atoms with van der Waals surface area (Å²) in [5.74, 6) is 0.602. The molecule has 0 radical (unpaired) electrons. The lowest BCUT2D eigenvalue weighted by Gasteiger charge is -2.11. The smallest absolute Gasteiger partial charge is 0.295 e. The number of benzene rings is 1. The van der Waals surface area contributed by atoms with Crippen LogP contribution in [0.1, 0.15) is 40.1 Å². The van der Waals surface area contributed by atoms with Crippen molar-refractivity contribution in [3.05, 3.63) is 40.5 Å². The molecule has 2 N–H and O–H groups in total. The highest BCUT2D eigenvalue weighted by Gasteiger charge is 2.14. The Morgan fingerprint density at radius 3 is 2.42 bits per heavy atom. The molecule has 5 nitrogen and oxygen atoms in total. The Kier molecular flexibility index (Phi) is 3.64. The zero-order valence-corrected chi connectivity index (χ0v) is 11.7. The van der Waals surface area contributed by atoms with Crippen LogP contribution < -0.4 is 5.32 Å². The van der Waals surface area contributed by atoms with Crippen molar-refractivity contribution in [1.82, 2.24) is 15.2 Å². The summed E-state index contributed by atoms with van der Waals surface area (Å²) in [6.45, 7) is 7.95. The van der Waals surface area contributed by atoms with E-state index in [0.717, 1.165) is 23.2 Å². The van der Waals surface area contributed by atoms with Crippen LogP contribution in [0.5, 0.6) is 0 Å². The first-order valence-electron chi connectivity index (χ1n) is 6.31. The molecule has 100 valence electrons. The lowest BCUT2D eigenvalue weighted by molar-refractivity contribution is 0.101. The number of aromatic amines is 1. The van der Waals surface area contributed by atoms with Crippen LogP contribution in [0.2, 0.25) is 0 Å². The first-order valence-corrected chi connectivity index (χ1v) is 6.31. The Morgan fingerprint density at radius 2 is 1.89 bits per heavy atom. The predicted molar refractivity (Wildman–Crippen MR) is 74.4 cm³/mol. The van der Waals surface area contributed by atoms with Gasteiger partial charge in [0.15, 0.2) is 0 Å². The van der Waals surface area contributed by atoms with Crippen LogP contribution >= 0.6 is 0 Å². The number of hydrogen-bond acceptors (Lipinski definition) is 3. The zero-order valence-electron chi connectivity index (χ0n) is 11.7. The number of amides is 1. The molecule has 2 rings (SSSR count). The number of carbonyl (C=O) groups excluding carboxylic acids is 1. The predicted octanol–water partition coefficient (Wildman–Crippen LogP) is 2.54. The molecule has 1 aromatic heterocycles. The molecule has 0 unspecified atom stereocenters. The summed E-state index contributed by atoms with van der Waals surface area (Å²) in [6, 6.07) is 4.08. The Hall–Kier alpha value is -2.17. The molecule has 2 aromatic rings. The van der Waals surface area contributed by atoms with Gasteiger partial charge in [-0.1, -0.05) is 24.6 Å². The maximum atomic E-state index is 12.1. The number of nitrogens with zero attached hydrogens (tertiary/aromatic N) is 2. The number of aromatic nitrogens is 3. The molecule has 0 aliphatic carbocycles. The van der Waals surface area contributed by atoms with Crippen molar-refractivity contribution < 1.29 is 4.79 Å².